The third-order valence-corrected chi connectivity index (χ3v) is 8.53. The molecule has 5 aromatic carbocycles. The van der Waals surface area contributed by atoms with Crippen LogP contribution < -0.4 is 29.2 Å². The van der Waals surface area contributed by atoms with Gasteiger partial charge in [-0.1, -0.05) is 127 Å². The van der Waals surface area contributed by atoms with Crippen molar-refractivity contribution in [3.63, 3.8) is 0 Å². The van der Waals surface area contributed by atoms with E-state index in [2.05, 4.69) is 36.4 Å². The molecule has 54 heavy (non-hydrogen) atoms. The van der Waals surface area contributed by atoms with Gasteiger partial charge in [-0.2, -0.15) is 0 Å². The van der Waals surface area contributed by atoms with Crippen LogP contribution in [0.3, 0.4) is 0 Å². The number of nitrogens with zero attached hydrogens (tertiary/aromatic N) is 2. The quantitative estimate of drug-likeness (QED) is 0.0604. The predicted octanol–water partition coefficient (Wildman–Crippen LogP) is 6.77. The summed E-state index contributed by atoms with van der Waals surface area (Å²) in [5, 5.41) is 21.4. The molecule has 0 saturated carbocycles. The molecule has 0 radical (unpaired) electrons. The van der Waals surface area contributed by atoms with Crippen molar-refractivity contribution in [1.29, 1.82) is 0 Å². The smallest absolute Gasteiger partial charge is 0.223 e. The summed E-state index contributed by atoms with van der Waals surface area (Å²) in [6.07, 6.45) is 8.80. The molecule has 7 rings (SSSR count). The molecular formula is C46H45BN2O5. The molecule has 0 N–H and O–H groups in total. The molecule has 0 aliphatic carbocycles. The first-order chi connectivity index (χ1) is 26.4. The highest BCUT2D eigenvalue weighted by atomic mass is 16.7. The SMILES string of the molecule is Cc1cccc(O[n+]2ccccc2)c1.Cc1cccc(O[n+]2ccccc2)c1.[O-]B([O-])OCCCC(c1ccccc1)(c1ccccc1)c1ccccc1. The monoisotopic (exact) mass is 716 g/mol. The van der Waals surface area contributed by atoms with Crippen molar-refractivity contribution in [2.24, 2.45) is 0 Å². The van der Waals surface area contributed by atoms with E-state index in [0.717, 1.165) is 17.9 Å². The molecule has 2 heterocycles. The van der Waals surface area contributed by atoms with E-state index in [4.69, 9.17) is 14.3 Å². The topological polar surface area (TPSA) is 81.6 Å². The summed E-state index contributed by atoms with van der Waals surface area (Å²) < 4.78 is 8.08. The first kappa shape index (κ1) is 39.2. The molecule has 0 aliphatic heterocycles. The maximum Gasteiger partial charge on any atom is 0.223 e. The Labute approximate surface area is 319 Å². The van der Waals surface area contributed by atoms with Gasteiger partial charge in [0.05, 0.1) is 7.32 Å². The van der Waals surface area contributed by atoms with Crippen LogP contribution in [0.25, 0.3) is 0 Å². The van der Waals surface area contributed by atoms with Gasteiger partial charge < -0.3 is 14.7 Å². The number of aromatic nitrogens is 2. The van der Waals surface area contributed by atoms with Gasteiger partial charge >= 0.3 is 0 Å². The molecule has 7 nitrogen and oxygen atoms in total. The zero-order valence-electron chi connectivity index (χ0n) is 30.7. The molecule has 8 heteroatoms. The standard InChI is InChI=1S/C22H21BO3.2C12H12NO/c24-23(25)26-18-10-17-22(19-11-4-1-5-12-19,20-13-6-2-7-14-20)21-15-8-3-9-16-21;2*1-11-6-5-7-12(10-11)14-13-8-3-2-4-9-13/h1-9,11-16H,10,17-18H2;2*2-10H,1H3/q-2;2*+1. The molecule has 2 aromatic heterocycles. The number of pyridine rings is 2. The minimum absolute atomic E-state index is 0.159. The summed E-state index contributed by atoms with van der Waals surface area (Å²) in [7, 11) is -2.23. The Kier molecular flexibility index (Phi) is 15.1. The van der Waals surface area contributed by atoms with Gasteiger partial charge in [0.25, 0.3) is 0 Å². The van der Waals surface area contributed by atoms with Crippen LogP contribution in [0.5, 0.6) is 11.5 Å². The van der Waals surface area contributed by atoms with E-state index in [0.29, 0.717) is 6.42 Å². The van der Waals surface area contributed by atoms with Crippen LogP contribution in [0.1, 0.15) is 40.7 Å². The molecule has 7 aromatic rings. The first-order valence-electron chi connectivity index (χ1n) is 17.9. The Balaban J connectivity index is 0.000000169. The van der Waals surface area contributed by atoms with Crippen LogP contribution in [0.15, 0.2) is 201 Å². The van der Waals surface area contributed by atoms with E-state index in [1.807, 2.05) is 178 Å². The van der Waals surface area contributed by atoms with Crippen LogP contribution in [-0.4, -0.2) is 13.9 Å². The second kappa shape index (κ2) is 20.8. The fourth-order valence-corrected chi connectivity index (χ4v) is 6.09. The molecule has 0 saturated heterocycles. The molecule has 0 bridgehead atoms. The van der Waals surface area contributed by atoms with E-state index in [-0.39, 0.29) is 12.0 Å². The van der Waals surface area contributed by atoms with Crippen molar-refractivity contribution in [2.75, 3.05) is 6.61 Å². The average molecular weight is 717 g/mol. The highest BCUT2D eigenvalue weighted by Gasteiger charge is 2.35. The van der Waals surface area contributed by atoms with Gasteiger partial charge in [-0.15, -0.1) is 0 Å². The van der Waals surface area contributed by atoms with E-state index in [1.54, 1.807) is 9.46 Å². The molecule has 0 fully saturated rings. The second-order valence-corrected chi connectivity index (χ2v) is 12.6. The molecule has 0 atom stereocenters. The van der Waals surface area contributed by atoms with Gasteiger partial charge in [0.15, 0.2) is 0 Å². The van der Waals surface area contributed by atoms with Crippen LogP contribution in [-0.2, 0) is 10.1 Å². The Morgan fingerprint density at radius 3 is 1.20 bits per heavy atom. The number of aryl methyl sites for hydroxylation is 2. The Hall–Kier alpha value is -6.06. The summed E-state index contributed by atoms with van der Waals surface area (Å²) >= 11 is 0. The number of rotatable bonds is 12. The van der Waals surface area contributed by atoms with Crippen LogP contribution in [0.2, 0.25) is 0 Å². The first-order valence-corrected chi connectivity index (χ1v) is 17.9. The highest BCUT2D eigenvalue weighted by Crippen LogP contribution is 2.43. The second-order valence-electron chi connectivity index (χ2n) is 12.6. The summed E-state index contributed by atoms with van der Waals surface area (Å²) in [6, 6.07) is 58.6. The highest BCUT2D eigenvalue weighted by molar-refractivity contribution is 6.28. The largest absolute Gasteiger partial charge is 0.871 e. The Morgan fingerprint density at radius 1 is 0.481 bits per heavy atom. The number of hydrogen-bond acceptors (Lipinski definition) is 5. The fourth-order valence-electron chi connectivity index (χ4n) is 6.09. The minimum atomic E-state index is -2.23. The lowest BCUT2D eigenvalue weighted by Gasteiger charge is -2.37. The zero-order chi connectivity index (χ0) is 37.9. The lowest BCUT2D eigenvalue weighted by molar-refractivity contribution is -0.875. The molecule has 0 aliphatic rings. The lowest BCUT2D eigenvalue weighted by atomic mass is 9.67. The van der Waals surface area contributed by atoms with Crippen LogP contribution in [0.4, 0.5) is 0 Å². The summed E-state index contributed by atoms with van der Waals surface area (Å²) in [5.41, 5.74) is 5.56. The van der Waals surface area contributed by atoms with Crippen molar-refractivity contribution >= 4 is 7.32 Å². The van der Waals surface area contributed by atoms with E-state index in [9.17, 15) is 10.0 Å². The molecule has 0 spiro atoms. The normalized spacial score (nSPS) is 10.5. The number of hydrogen-bond donors (Lipinski definition) is 0. The molecule has 272 valence electrons. The predicted molar refractivity (Wildman–Crippen MR) is 208 cm³/mol. The van der Waals surface area contributed by atoms with Gasteiger partial charge in [-0.05, 0) is 78.8 Å². The van der Waals surface area contributed by atoms with Crippen molar-refractivity contribution < 1.29 is 33.8 Å². The number of benzene rings is 5. The summed E-state index contributed by atoms with van der Waals surface area (Å²) in [4.78, 5) is 11.2. The molecule has 0 amide bonds. The van der Waals surface area contributed by atoms with Gasteiger partial charge in [0, 0.05) is 45.7 Å². The zero-order valence-corrected chi connectivity index (χ0v) is 30.7. The Bertz CT molecular complexity index is 1890. The maximum atomic E-state index is 10.7. The van der Waals surface area contributed by atoms with Crippen molar-refractivity contribution in [3.8, 4) is 11.5 Å². The lowest BCUT2D eigenvalue weighted by Crippen LogP contribution is -2.48. The Morgan fingerprint density at radius 2 is 0.852 bits per heavy atom. The van der Waals surface area contributed by atoms with Gasteiger partial charge in [-0.25, -0.2) is 9.68 Å². The minimum Gasteiger partial charge on any atom is -0.871 e. The molecule has 0 unspecified atom stereocenters. The third-order valence-electron chi connectivity index (χ3n) is 8.53. The van der Waals surface area contributed by atoms with Crippen molar-refractivity contribution in [1.82, 2.24) is 0 Å². The van der Waals surface area contributed by atoms with E-state index < -0.39 is 7.32 Å². The van der Waals surface area contributed by atoms with Crippen molar-refractivity contribution in [3.05, 3.63) is 229 Å². The summed E-state index contributed by atoms with van der Waals surface area (Å²) in [6.45, 7) is 4.25. The fraction of sp³-hybridized carbons (Fsp3) is 0.130. The van der Waals surface area contributed by atoms with E-state index >= 15 is 0 Å². The van der Waals surface area contributed by atoms with Crippen molar-refractivity contribution in [2.45, 2.75) is 32.1 Å². The van der Waals surface area contributed by atoms with E-state index in [1.165, 1.54) is 27.8 Å². The van der Waals surface area contributed by atoms with Crippen LogP contribution in [0, 0.1) is 13.8 Å². The maximum absolute atomic E-state index is 10.7. The van der Waals surface area contributed by atoms with Crippen LogP contribution >= 0.6 is 0 Å². The van der Waals surface area contributed by atoms with Gasteiger partial charge in [-0.3, -0.25) is 0 Å². The average Bonchev–Trinajstić information content (AvgIpc) is 3.20. The summed E-state index contributed by atoms with van der Waals surface area (Å²) in [5.74, 6) is 1.70. The van der Waals surface area contributed by atoms with Gasteiger partial charge in [0.2, 0.25) is 36.3 Å². The van der Waals surface area contributed by atoms with Gasteiger partial charge in [0.1, 0.15) is 0 Å². The third kappa shape index (κ3) is 12.0. The molecular weight excluding hydrogens is 671 g/mol.